The summed E-state index contributed by atoms with van der Waals surface area (Å²) >= 11 is 5.94. The summed E-state index contributed by atoms with van der Waals surface area (Å²) in [6.07, 6.45) is 1.34. The first-order valence-electron chi connectivity index (χ1n) is 6.85. The molecule has 1 aliphatic heterocycles. The fourth-order valence-corrected chi connectivity index (χ4v) is 2.93. The fraction of sp³-hybridized carbons (Fsp3) is 0.333. The van der Waals surface area contributed by atoms with E-state index in [0.717, 1.165) is 17.3 Å². The van der Waals surface area contributed by atoms with Gasteiger partial charge in [-0.2, -0.15) is 0 Å². The van der Waals surface area contributed by atoms with Gasteiger partial charge in [0, 0.05) is 29.0 Å². The molecule has 6 heteroatoms. The summed E-state index contributed by atoms with van der Waals surface area (Å²) in [6.45, 7) is 0.864. The zero-order valence-corrected chi connectivity index (χ0v) is 12.1. The number of H-pyrrole nitrogens is 1. The molecule has 1 aliphatic rings. The number of carboxylic acids is 1. The summed E-state index contributed by atoms with van der Waals surface area (Å²) < 4.78 is 0. The number of piperidine rings is 1. The van der Waals surface area contributed by atoms with Gasteiger partial charge in [-0.05, 0) is 37.1 Å². The van der Waals surface area contributed by atoms with Gasteiger partial charge in [0.25, 0.3) is 5.91 Å². The van der Waals surface area contributed by atoms with E-state index in [4.69, 9.17) is 16.7 Å². The Morgan fingerprint density at radius 1 is 1.33 bits per heavy atom. The van der Waals surface area contributed by atoms with Crippen LogP contribution in [0, 0.1) is 5.92 Å². The Morgan fingerprint density at radius 3 is 2.90 bits per heavy atom. The van der Waals surface area contributed by atoms with Crippen molar-refractivity contribution < 1.29 is 14.7 Å². The lowest BCUT2D eigenvalue weighted by atomic mass is 9.98. The number of aromatic nitrogens is 1. The summed E-state index contributed by atoms with van der Waals surface area (Å²) in [6, 6.07) is 7.13. The number of benzene rings is 1. The second-order valence-corrected chi connectivity index (χ2v) is 5.78. The first kappa shape index (κ1) is 13.9. The summed E-state index contributed by atoms with van der Waals surface area (Å²) in [5, 5.41) is 10.6. The third kappa shape index (κ3) is 2.74. The number of rotatable bonds is 2. The molecule has 2 aromatic rings. The zero-order chi connectivity index (χ0) is 15.0. The van der Waals surface area contributed by atoms with Crippen molar-refractivity contribution >= 4 is 34.4 Å². The van der Waals surface area contributed by atoms with E-state index in [0.29, 0.717) is 23.7 Å². The van der Waals surface area contributed by atoms with E-state index >= 15 is 0 Å². The van der Waals surface area contributed by atoms with Gasteiger partial charge < -0.3 is 15.0 Å². The lowest BCUT2D eigenvalue weighted by Crippen LogP contribution is -2.42. The lowest BCUT2D eigenvalue weighted by molar-refractivity contribution is -0.143. The highest BCUT2D eigenvalue weighted by Crippen LogP contribution is 2.23. The van der Waals surface area contributed by atoms with Crippen LogP contribution in [0.15, 0.2) is 24.3 Å². The Kier molecular flexibility index (Phi) is 3.59. The number of fused-ring (bicyclic) bond motifs is 1. The minimum atomic E-state index is -0.837. The number of aromatic amines is 1. The van der Waals surface area contributed by atoms with Gasteiger partial charge in [-0.1, -0.05) is 11.6 Å². The van der Waals surface area contributed by atoms with Crippen LogP contribution in [0.2, 0.25) is 5.02 Å². The number of carbonyl (C=O) groups is 2. The van der Waals surface area contributed by atoms with Crippen LogP contribution >= 0.6 is 11.6 Å². The molecule has 0 radical (unpaired) electrons. The second-order valence-electron chi connectivity index (χ2n) is 5.34. The summed E-state index contributed by atoms with van der Waals surface area (Å²) in [5.41, 5.74) is 1.31. The zero-order valence-electron chi connectivity index (χ0n) is 11.3. The highest BCUT2D eigenvalue weighted by atomic mass is 35.5. The number of nitrogens with one attached hydrogen (secondary N) is 1. The molecule has 1 fully saturated rings. The van der Waals surface area contributed by atoms with Crippen LogP contribution in [0.1, 0.15) is 23.3 Å². The third-order valence-electron chi connectivity index (χ3n) is 3.87. The summed E-state index contributed by atoms with van der Waals surface area (Å²) in [5.74, 6) is -1.47. The molecule has 0 aliphatic carbocycles. The van der Waals surface area contributed by atoms with Crippen LogP contribution in [0.25, 0.3) is 10.9 Å². The van der Waals surface area contributed by atoms with E-state index in [2.05, 4.69) is 4.98 Å². The van der Waals surface area contributed by atoms with Crippen LogP contribution in [0.5, 0.6) is 0 Å². The first-order valence-corrected chi connectivity index (χ1v) is 7.23. The van der Waals surface area contributed by atoms with E-state index in [1.807, 2.05) is 6.07 Å². The van der Waals surface area contributed by atoms with Gasteiger partial charge in [0.15, 0.2) is 0 Å². The maximum atomic E-state index is 12.5. The normalized spacial score (nSPS) is 18.9. The van der Waals surface area contributed by atoms with Crippen LogP contribution in [0.3, 0.4) is 0 Å². The van der Waals surface area contributed by atoms with E-state index in [9.17, 15) is 9.59 Å². The number of carbonyl (C=O) groups excluding carboxylic acids is 1. The van der Waals surface area contributed by atoms with Gasteiger partial charge in [-0.25, -0.2) is 0 Å². The minimum Gasteiger partial charge on any atom is -0.481 e. The molecule has 3 rings (SSSR count). The SMILES string of the molecule is O=C(O)C1CCCN(C(=O)c2cc3cc(Cl)ccc3[nH]2)C1. The number of amides is 1. The van der Waals surface area contributed by atoms with Crippen molar-refractivity contribution in [2.45, 2.75) is 12.8 Å². The van der Waals surface area contributed by atoms with Crippen molar-refractivity contribution in [1.29, 1.82) is 0 Å². The molecular formula is C15H15ClN2O3. The van der Waals surface area contributed by atoms with Gasteiger partial charge in [-0.15, -0.1) is 0 Å². The summed E-state index contributed by atoms with van der Waals surface area (Å²) in [7, 11) is 0. The van der Waals surface area contributed by atoms with E-state index in [1.54, 1.807) is 23.1 Å². The molecule has 21 heavy (non-hydrogen) atoms. The van der Waals surface area contributed by atoms with E-state index in [1.165, 1.54) is 0 Å². The van der Waals surface area contributed by atoms with Gasteiger partial charge in [0.2, 0.25) is 0 Å². The molecule has 1 unspecified atom stereocenters. The molecule has 0 saturated carbocycles. The third-order valence-corrected chi connectivity index (χ3v) is 4.11. The van der Waals surface area contributed by atoms with Crippen LogP contribution in [-0.2, 0) is 4.79 Å². The number of aliphatic carboxylic acids is 1. The van der Waals surface area contributed by atoms with Crippen LogP contribution in [-0.4, -0.2) is 40.0 Å². The second kappa shape index (κ2) is 5.41. The smallest absolute Gasteiger partial charge is 0.308 e. The predicted molar refractivity (Wildman–Crippen MR) is 79.6 cm³/mol. The van der Waals surface area contributed by atoms with Crippen molar-refractivity contribution in [3.63, 3.8) is 0 Å². The number of hydrogen-bond donors (Lipinski definition) is 2. The first-order chi connectivity index (χ1) is 10.0. The van der Waals surface area contributed by atoms with E-state index < -0.39 is 11.9 Å². The molecule has 2 N–H and O–H groups in total. The van der Waals surface area contributed by atoms with Crippen LogP contribution < -0.4 is 0 Å². The van der Waals surface area contributed by atoms with E-state index in [-0.39, 0.29) is 12.5 Å². The van der Waals surface area contributed by atoms with Gasteiger partial charge in [-0.3, -0.25) is 9.59 Å². The highest BCUT2D eigenvalue weighted by Gasteiger charge is 2.29. The van der Waals surface area contributed by atoms with Crippen molar-refractivity contribution in [1.82, 2.24) is 9.88 Å². The largest absolute Gasteiger partial charge is 0.481 e. The van der Waals surface area contributed by atoms with Crippen molar-refractivity contribution in [2.75, 3.05) is 13.1 Å². The Labute approximate surface area is 126 Å². The topological polar surface area (TPSA) is 73.4 Å². The number of halogens is 1. The number of hydrogen-bond acceptors (Lipinski definition) is 2. The average molecular weight is 307 g/mol. The molecule has 1 atom stereocenters. The fourth-order valence-electron chi connectivity index (χ4n) is 2.75. The standard InChI is InChI=1S/C15H15ClN2O3/c16-11-3-4-12-10(6-11)7-13(17-12)14(19)18-5-1-2-9(8-18)15(20)21/h3-4,6-7,9,17H,1-2,5,8H2,(H,20,21). The molecule has 2 heterocycles. The van der Waals surface area contributed by atoms with Crippen LogP contribution in [0.4, 0.5) is 0 Å². The predicted octanol–water partition coefficient (Wildman–Crippen LogP) is 2.76. The Balaban J connectivity index is 1.84. The van der Waals surface area contributed by atoms with Gasteiger partial charge >= 0.3 is 5.97 Å². The monoisotopic (exact) mass is 306 g/mol. The molecule has 0 spiro atoms. The molecular weight excluding hydrogens is 292 g/mol. The number of carboxylic acid groups (broad SMARTS) is 1. The molecule has 1 aromatic heterocycles. The van der Waals surface area contributed by atoms with Crippen molar-refractivity contribution in [3.8, 4) is 0 Å². The molecule has 1 aromatic carbocycles. The number of likely N-dealkylation sites (tertiary alicyclic amines) is 1. The average Bonchev–Trinajstić information content (AvgIpc) is 2.89. The Morgan fingerprint density at radius 2 is 2.14 bits per heavy atom. The van der Waals surface area contributed by atoms with Crippen molar-refractivity contribution in [2.24, 2.45) is 5.92 Å². The summed E-state index contributed by atoms with van der Waals surface area (Å²) in [4.78, 5) is 28.2. The lowest BCUT2D eigenvalue weighted by Gasteiger charge is -2.30. The van der Waals surface area contributed by atoms with Crippen molar-refractivity contribution in [3.05, 3.63) is 35.0 Å². The molecule has 5 nitrogen and oxygen atoms in total. The Hall–Kier alpha value is -2.01. The van der Waals surface area contributed by atoms with Gasteiger partial charge in [0.05, 0.1) is 5.92 Å². The molecule has 1 amide bonds. The molecule has 1 saturated heterocycles. The highest BCUT2D eigenvalue weighted by molar-refractivity contribution is 6.31. The number of nitrogens with zero attached hydrogens (tertiary/aromatic N) is 1. The minimum absolute atomic E-state index is 0.159. The maximum Gasteiger partial charge on any atom is 0.308 e. The quantitative estimate of drug-likeness (QED) is 0.896. The van der Waals surface area contributed by atoms with Gasteiger partial charge in [0.1, 0.15) is 5.69 Å². The molecule has 110 valence electrons. The Bertz CT molecular complexity index is 710. The molecule has 0 bridgehead atoms. The maximum absolute atomic E-state index is 12.5.